The lowest BCUT2D eigenvalue weighted by Crippen LogP contribution is -2.46. The molecule has 3 atom stereocenters. The van der Waals surface area contributed by atoms with Gasteiger partial charge in [0.1, 0.15) is 17.5 Å². The average Bonchev–Trinajstić information content (AvgIpc) is 2.22. The molecule has 0 aliphatic rings. The van der Waals surface area contributed by atoms with Gasteiger partial charge in [0, 0.05) is 0 Å². The van der Waals surface area contributed by atoms with Crippen LogP contribution in [0, 0.1) is 0 Å². The van der Waals surface area contributed by atoms with Gasteiger partial charge in [0.15, 0.2) is 0 Å². The van der Waals surface area contributed by atoms with Gasteiger partial charge in [-0.2, -0.15) is 0 Å². The number of carboxylic acid groups (broad SMARTS) is 2. The first-order valence-electron chi connectivity index (χ1n) is 4.64. The van der Waals surface area contributed by atoms with Crippen LogP contribution in [0.15, 0.2) is 0 Å². The van der Waals surface area contributed by atoms with Gasteiger partial charge in [-0.15, -0.1) is 0 Å². The van der Waals surface area contributed by atoms with Crippen molar-refractivity contribution in [2.24, 2.45) is 11.5 Å². The molecule has 0 heterocycles. The van der Waals surface area contributed by atoms with E-state index in [1.807, 2.05) is 6.92 Å². The molecule has 0 amide bonds. The number of hydrogen-bond donors (Lipinski definition) is 3. The second-order valence-corrected chi connectivity index (χ2v) is 7.53. The summed E-state index contributed by atoms with van der Waals surface area (Å²) in [4.78, 5) is 20.9. The van der Waals surface area contributed by atoms with Crippen LogP contribution in [0.4, 0.5) is 0 Å². The molecule has 0 radical (unpaired) electrons. The molecule has 1 unspecified atom stereocenters. The highest BCUT2D eigenvalue weighted by Gasteiger charge is 2.25. The van der Waals surface area contributed by atoms with E-state index in [1.54, 1.807) is 0 Å². The van der Waals surface area contributed by atoms with Crippen molar-refractivity contribution in [1.29, 1.82) is 0 Å². The van der Waals surface area contributed by atoms with E-state index < -0.39 is 24.0 Å². The molecule has 0 saturated carbocycles. The van der Waals surface area contributed by atoms with Crippen molar-refractivity contribution in [3.05, 3.63) is 0 Å². The van der Waals surface area contributed by atoms with Crippen LogP contribution in [0.1, 0.15) is 6.92 Å². The third kappa shape index (κ3) is 6.21. The van der Waals surface area contributed by atoms with E-state index in [2.05, 4.69) is 0 Å². The first-order valence-corrected chi connectivity index (χ1v) is 7.70. The van der Waals surface area contributed by atoms with Gasteiger partial charge in [0.25, 0.3) is 0 Å². The second kappa shape index (κ2) is 7.77. The summed E-state index contributed by atoms with van der Waals surface area (Å²) in [5.74, 6) is -1.06. The molecule has 5 N–H and O–H groups in total. The van der Waals surface area contributed by atoms with Gasteiger partial charge in [0.2, 0.25) is 0 Å². The summed E-state index contributed by atoms with van der Waals surface area (Å²) in [6, 6.07) is -1.93. The van der Waals surface area contributed by atoms with Gasteiger partial charge < -0.3 is 26.5 Å². The third-order valence-electron chi connectivity index (χ3n) is 1.72. The van der Waals surface area contributed by atoms with Gasteiger partial charge in [0.05, 0.1) is 38.5 Å². The van der Waals surface area contributed by atoms with Crippen molar-refractivity contribution >= 4 is 32.7 Å². The van der Waals surface area contributed by atoms with E-state index in [1.165, 1.54) is 10.8 Å². The Bertz CT molecular complexity index is 252. The molecule has 0 spiro atoms. The van der Waals surface area contributed by atoms with Crippen LogP contribution in [0.3, 0.4) is 0 Å². The van der Waals surface area contributed by atoms with Crippen molar-refractivity contribution in [2.75, 3.05) is 17.3 Å². The van der Waals surface area contributed by atoms with E-state index in [4.69, 9.17) is 16.6 Å². The molecular formula is C8H16N2O4S2. The quantitative estimate of drug-likeness (QED) is 0.335. The predicted octanol–water partition coefficient (Wildman–Crippen LogP) is -2.24. The topological polar surface area (TPSA) is 129 Å². The molecule has 0 bridgehead atoms. The number of hydrogen-bond acceptors (Lipinski definition) is 6. The maximum Gasteiger partial charge on any atom is 0.321 e. The largest absolute Gasteiger partial charge is 0.548 e. The summed E-state index contributed by atoms with van der Waals surface area (Å²) in [7, 11) is 1.06. The Hall–Kier alpha value is -0.440. The summed E-state index contributed by atoms with van der Waals surface area (Å²) < 4.78 is 0. The summed E-state index contributed by atoms with van der Waals surface area (Å²) in [5, 5.41) is 19.0. The predicted molar refractivity (Wildman–Crippen MR) is 63.8 cm³/mol. The van der Waals surface area contributed by atoms with Gasteiger partial charge in [-0.25, -0.2) is 0 Å². The fourth-order valence-corrected chi connectivity index (χ4v) is 4.52. The number of carbonyl (C=O) groups excluding carboxylic acids is 1. The van der Waals surface area contributed by atoms with Crippen molar-refractivity contribution in [3.63, 3.8) is 0 Å². The Kier molecular flexibility index (Phi) is 7.56. The van der Waals surface area contributed by atoms with E-state index in [0.717, 1.165) is 5.75 Å². The van der Waals surface area contributed by atoms with E-state index in [-0.39, 0.29) is 21.4 Å². The fraction of sp³-hybridized carbons (Fsp3) is 0.750. The molecular weight excluding hydrogens is 252 g/mol. The SMILES string of the molecule is CC[S+](C[C@H](N)C(=O)[O-])SC[C@H](N)C(=O)O. The highest BCUT2D eigenvalue weighted by atomic mass is 33.1. The number of carbonyl (C=O) groups is 2. The van der Waals surface area contributed by atoms with Gasteiger partial charge in [-0.1, -0.05) is 0 Å². The maximum absolute atomic E-state index is 10.5. The second-order valence-electron chi connectivity index (χ2n) is 3.05. The van der Waals surface area contributed by atoms with Crippen molar-refractivity contribution in [1.82, 2.24) is 0 Å². The zero-order valence-electron chi connectivity index (χ0n) is 8.92. The highest BCUT2D eigenvalue weighted by molar-refractivity contribution is 8.74. The van der Waals surface area contributed by atoms with Crippen LogP contribution in [0.5, 0.6) is 0 Å². The minimum atomic E-state index is -1.28. The normalized spacial score (nSPS) is 16.4. The standard InChI is InChI=1S/C8H16N2O4S2/c1-2-16(4-6(10)8(13)14)15-3-5(9)7(11)12/h5-6H,2-4,9-10H2,1H3,(H-,11,12,13,14)/t5-,6-,16?/m0/s1. The van der Waals surface area contributed by atoms with Gasteiger partial charge >= 0.3 is 5.97 Å². The lowest BCUT2D eigenvalue weighted by atomic mass is 10.4. The first-order chi connectivity index (χ1) is 7.38. The van der Waals surface area contributed by atoms with Gasteiger partial charge in [-0.05, 0) is 6.92 Å². The Morgan fingerprint density at radius 2 is 2.00 bits per heavy atom. The summed E-state index contributed by atoms with van der Waals surface area (Å²) >= 11 is 0. The van der Waals surface area contributed by atoms with Crippen LogP contribution >= 0.6 is 10.8 Å². The summed E-state index contributed by atoms with van der Waals surface area (Å²) in [6.45, 7) is 1.89. The van der Waals surface area contributed by atoms with Crippen LogP contribution in [-0.2, 0) is 19.5 Å². The Morgan fingerprint density at radius 3 is 2.38 bits per heavy atom. The van der Waals surface area contributed by atoms with Crippen LogP contribution in [0.2, 0.25) is 0 Å². The molecule has 0 saturated heterocycles. The number of rotatable bonds is 8. The molecule has 6 nitrogen and oxygen atoms in total. The van der Waals surface area contributed by atoms with Gasteiger partial charge in [-0.3, -0.25) is 4.79 Å². The van der Waals surface area contributed by atoms with Crippen molar-refractivity contribution < 1.29 is 19.8 Å². The molecule has 16 heavy (non-hydrogen) atoms. The third-order valence-corrected chi connectivity index (χ3v) is 6.45. The Morgan fingerprint density at radius 1 is 1.44 bits per heavy atom. The zero-order valence-corrected chi connectivity index (χ0v) is 10.6. The lowest BCUT2D eigenvalue weighted by Gasteiger charge is -2.12. The minimum Gasteiger partial charge on any atom is -0.548 e. The van der Waals surface area contributed by atoms with Crippen molar-refractivity contribution in [3.8, 4) is 0 Å². The van der Waals surface area contributed by atoms with Crippen molar-refractivity contribution in [2.45, 2.75) is 19.0 Å². The molecule has 0 aromatic carbocycles. The van der Waals surface area contributed by atoms with Crippen LogP contribution in [0.25, 0.3) is 0 Å². The number of nitrogens with two attached hydrogens (primary N) is 2. The van der Waals surface area contributed by atoms with E-state index >= 15 is 0 Å². The summed E-state index contributed by atoms with van der Waals surface area (Å²) in [5.41, 5.74) is 10.7. The number of carboxylic acids is 2. The molecule has 94 valence electrons. The van der Waals surface area contributed by atoms with Crippen LogP contribution in [-0.4, -0.2) is 46.4 Å². The first kappa shape index (κ1) is 15.6. The molecule has 8 heteroatoms. The zero-order chi connectivity index (χ0) is 12.7. The molecule has 0 aliphatic heterocycles. The molecule has 0 fully saturated rings. The smallest absolute Gasteiger partial charge is 0.321 e. The van der Waals surface area contributed by atoms with Crippen LogP contribution < -0.4 is 16.6 Å². The Labute approximate surface area is 100 Å². The molecule has 0 aromatic rings. The highest BCUT2D eigenvalue weighted by Crippen LogP contribution is 2.18. The number of aliphatic carboxylic acids is 2. The van der Waals surface area contributed by atoms with E-state index in [0.29, 0.717) is 0 Å². The average molecular weight is 268 g/mol. The maximum atomic E-state index is 10.5. The molecule has 0 rings (SSSR count). The molecule has 0 aliphatic carbocycles. The van der Waals surface area contributed by atoms with E-state index in [9.17, 15) is 14.7 Å². The summed E-state index contributed by atoms with van der Waals surface area (Å²) in [6.07, 6.45) is 0. The monoisotopic (exact) mass is 268 g/mol. The minimum absolute atomic E-state index is 0.256. The fourth-order valence-electron chi connectivity index (χ4n) is 0.758. The molecule has 0 aromatic heterocycles. The lowest BCUT2D eigenvalue weighted by molar-refractivity contribution is -0.306. The Balaban J connectivity index is 4.01.